The fourth-order valence-electron chi connectivity index (χ4n) is 3.17. The molecule has 4 rings (SSSR count). The first kappa shape index (κ1) is 22.8. The van der Waals surface area contributed by atoms with Crippen molar-refractivity contribution in [3.05, 3.63) is 84.4 Å². The maximum absolute atomic E-state index is 11.4. The standard InChI is InChI=1S/C24H24N4O4S/c1-24(2,23(29)30)33-20-9-7-17(8-10-20)14-28(15-19-6-4-12-31-19)16-21-26-22(27-32-21)18-5-3-11-25-13-18/h3-13H,14-16H2,1-2H3,(H,29,30). The quantitative estimate of drug-likeness (QED) is 0.329. The van der Waals surface area contributed by atoms with Crippen molar-refractivity contribution in [2.45, 2.75) is 43.1 Å². The maximum Gasteiger partial charge on any atom is 0.319 e. The number of hydrogen-bond donors (Lipinski definition) is 1. The van der Waals surface area contributed by atoms with Crippen LogP contribution in [0.5, 0.6) is 0 Å². The Kier molecular flexibility index (Phi) is 6.90. The minimum absolute atomic E-state index is 0.441. The van der Waals surface area contributed by atoms with Crippen LogP contribution in [0.2, 0.25) is 0 Å². The number of rotatable bonds is 10. The summed E-state index contributed by atoms with van der Waals surface area (Å²) in [7, 11) is 0. The van der Waals surface area contributed by atoms with Crippen LogP contribution in [0.3, 0.4) is 0 Å². The maximum atomic E-state index is 11.4. The molecule has 0 amide bonds. The molecule has 8 nitrogen and oxygen atoms in total. The highest BCUT2D eigenvalue weighted by atomic mass is 32.2. The number of pyridine rings is 1. The molecule has 3 heterocycles. The molecule has 0 aliphatic rings. The molecule has 3 aromatic heterocycles. The summed E-state index contributed by atoms with van der Waals surface area (Å²) in [6, 6.07) is 15.4. The van der Waals surface area contributed by atoms with E-state index in [2.05, 4.69) is 20.0 Å². The zero-order valence-electron chi connectivity index (χ0n) is 18.3. The predicted molar refractivity (Wildman–Crippen MR) is 123 cm³/mol. The zero-order valence-corrected chi connectivity index (χ0v) is 19.2. The van der Waals surface area contributed by atoms with Crippen molar-refractivity contribution in [1.82, 2.24) is 20.0 Å². The summed E-state index contributed by atoms with van der Waals surface area (Å²) in [6.45, 7) is 5.03. The zero-order chi connectivity index (χ0) is 23.3. The molecule has 0 spiro atoms. The summed E-state index contributed by atoms with van der Waals surface area (Å²) in [5, 5.41) is 13.4. The molecule has 33 heavy (non-hydrogen) atoms. The van der Waals surface area contributed by atoms with Crippen molar-refractivity contribution >= 4 is 17.7 Å². The van der Waals surface area contributed by atoms with Crippen molar-refractivity contribution in [2.24, 2.45) is 0 Å². The lowest BCUT2D eigenvalue weighted by atomic mass is 10.2. The monoisotopic (exact) mass is 464 g/mol. The van der Waals surface area contributed by atoms with Gasteiger partial charge in [0.15, 0.2) is 0 Å². The summed E-state index contributed by atoms with van der Waals surface area (Å²) in [5.41, 5.74) is 1.87. The number of nitrogens with zero attached hydrogens (tertiary/aromatic N) is 4. The molecule has 1 aromatic carbocycles. The number of benzene rings is 1. The molecule has 0 aliphatic heterocycles. The topological polar surface area (TPSA) is 105 Å². The molecule has 0 saturated carbocycles. The minimum Gasteiger partial charge on any atom is -0.480 e. The van der Waals surface area contributed by atoms with Gasteiger partial charge in [-0.05, 0) is 55.8 Å². The first-order valence-corrected chi connectivity index (χ1v) is 11.2. The van der Waals surface area contributed by atoms with Crippen LogP contribution in [-0.4, -0.2) is 35.8 Å². The highest BCUT2D eigenvalue weighted by molar-refractivity contribution is 8.01. The van der Waals surface area contributed by atoms with Gasteiger partial charge < -0.3 is 14.0 Å². The lowest BCUT2D eigenvalue weighted by Gasteiger charge is -2.20. The second-order valence-corrected chi connectivity index (χ2v) is 9.74. The van der Waals surface area contributed by atoms with Crippen LogP contribution in [0.15, 0.2) is 81.0 Å². The first-order valence-electron chi connectivity index (χ1n) is 10.4. The molecule has 9 heteroatoms. The second-order valence-electron chi connectivity index (χ2n) is 8.04. The summed E-state index contributed by atoms with van der Waals surface area (Å²) in [5.74, 6) is 0.984. The third kappa shape index (κ3) is 6.09. The second kappa shape index (κ2) is 10.0. The summed E-state index contributed by atoms with van der Waals surface area (Å²) in [6.07, 6.45) is 5.04. The van der Waals surface area contributed by atoms with Crippen LogP contribution in [0, 0.1) is 0 Å². The van der Waals surface area contributed by atoms with Crippen LogP contribution in [0.25, 0.3) is 11.4 Å². The van der Waals surface area contributed by atoms with E-state index >= 15 is 0 Å². The smallest absolute Gasteiger partial charge is 0.319 e. The van der Waals surface area contributed by atoms with Crippen molar-refractivity contribution in [3.8, 4) is 11.4 Å². The highest BCUT2D eigenvalue weighted by Crippen LogP contribution is 2.32. The third-order valence-corrected chi connectivity index (χ3v) is 6.12. The minimum atomic E-state index is -0.892. The van der Waals surface area contributed by atoms with Crippen LogP contribution >= 0.6 is 11.8 Å². The SMILES string of the molecule is CC(C)(Sc1ccc(CN(Cc2ccco2)Cc2nc(-c3cccnc3)no2)cc1)C(=O)O. The largest absolute Gasteiger partial charge is 0.480 e. The van der Waals surface area contributed by atoms with Gasteiger partial charge in [-0.2, -0.15) is 4.98 Å². The number of thioether (sulfide) groups is 1. The fraction of sp³-hybridized carbons (Fsp3) is 0.250. The molecular formula is C24H24N4O4S. The van der Waals surface area contributed by atoms with E-state index in [1.807, 2.05) is 48.5 Å². The Morgan fingerprint density at radius 3 is 2.58 bits per heavy atom. The van der Waals surface area contributed by atoms with Crippen LogP contribution in [0.1, 0.15) is 31.1 Å². The number of aromatic nitrogens is 3. The van der Waals surface area contributed by atoms with Gasteiger partial charge in [0.25, 0.3) is 0 Å². The number of hydrogen-bond acceptors (Lipinski definition) is 8. The lowest BCUT2D eigenvalue weighted by molar-refractivity contribution is -0.138. The van der Waals surface area contributed by atoms with E-state index in [9.17, 15) is 9.90 Å². The number of carbonyl (C=O) groups is 1. The average molecular weight is 465 g/mol. The summed E-state index contributed by atoms with van der Waals surface area (Å²) >= 11 is 1.32. The lowest BCUT2D eigenvalue weighted by Crippen LogP contribution is -2.26. The molecule has 4 aromatic rings. The number of aliphatic carboxylic acids is 1. The van der Waals surface area contributed by atoms with Crippen molar-refractivity contribution in [2.75, 3.05) is 0 Å². The molecule has 1 N–H and O–H groups in total. The van der Waals surface area contributed by atoms with Crippen LogP contribution < -0.4 is 0 Å². The van der Waals surface area contributed by atoms with Gasteiger partial charge in [0.05, 0.1) is 19.4 Å². The van der Waals surface area contributed by atoms with Gasteiger partial charge in [-0.1, -0.05) is 17.3 Å². The van der Waals surface area contributed by atoms with Gasteiger partial charge in [0.1, 0.15) is 10.5 Å². The summed E-state index contributed by atoms with van der Waals surface area (Å²) < 4.78 is 10.1. The van der Waals surface area contributed by atoms with E-state index < -0.39 is 10.7 Å². The molecular weight excluding hydrogens is 440 g/mol. The van der Waals surface area contributed by atoms with Crippen LogP contribution in [-0.2, 0) is 24.4 Å². The third-order valence-electron chi connectivity index (χ3n) is 4.92. The molecule has 0 bridgehead atoms. The molecule has 0 saturated heterocycles. The van der Waals surface area contributed by atoms with Gasteiger partial charge in [0.2, 0.25) is 11.7 Å². The molecule has 0 fully saturated rings. The molecule has 170 valence electrons. The fourth-order valence-corrected chi connectivity index (χ4v) is 4.12. The van der Waals surface area contributed by atoms with E-state index in [1.54, 1.807) is 32.5 Å². The van der Waals surface area contributed by atoms with Gasteiger partial charge in [0, 0.05) is 29.4 Å². The van der Waals surface area contributed by atoms with Gasteiger partial charge in [-0.25, -0.2) is 0 Å². The van der Waals surface area contributed by atoms with Crippen molar-refractivity contribution in [3.63, 3.8) is 0 Å². The highest BCUT2D eigenvalue weighted by Gasteiger charge is 2.28. The molecule has 0 aliphatic carbocycles. The molecule has 0 radical (unpaired) electrons. The van der Waals surface area contributed by atoms with Gasteiger partial charge in [-0.15, -0.1) is 11.8 Å². The van der Waals surface area contributed by atoms with E-state index in [0.717, 1.165) is 21.8 Å². The molecule has 0 unspecified atom stereocenters. The summed E-state index contributed by atoms with van der Waals surface area (Å²) in [4.78, 5) is 23.1. The van der Waals surface area contributed by atoms with E-state index in [-0.39, 0.29) is 0 Å². The Morgan fingerprint density at radius 1 is 1.09 bits per heavy atom. The number of furan rings is 1. The van der Waals surface area contributed by atoms with Gasteiger partial charge >= 0.3 is 5.97 Å². The Hall–Kier alpha value is -3.43. The van der Waals surface area contributed by atoms with Crippen LogP contribution in [0.4, 0.5) is 0 Å². The van der Waals surface area contributed by atoms with Crippen molar-refractivity contribution in [1.29, 1.82) is 0 Å². The predicted octanol–water partition coefficient (Wildman–Crippen LogP) is 4.88. The Bertz CT molecular complexity index is 1170. The number of carboxylic acids is 1. The molecule has 0 atom stereocenters. The van der Waals surface area contributed by atoms with E-state index in [0.29, 0.717) is 31.3 Å². The average Bonchev–Trinajstić information content (AvgIpc) is 3.48. The Morgan fingerprint density at radius 2 is 1.91 bits per heavy atom. The van der Waals surface area contributed by atoms with Crippen molar-refractivity contribution < 1.29 is 18.8 Å². The normalized spacial score (nSPS) is 11.7. The van der Waals surface area contributed by atoms with Gasteiger partial charge in [-0.3, -0.25) is 14.7 Å². The number of carboxylic acid groups (broad SMARTS) is 1. The Balaban J connectivity index is 1.47. The Labute approximate surface area is 195 Å². The van der Waals surface area contributed by atoms with E-state index in [1.165, 1.54) is 11.8 Å². The first-order chi connectivity index (χ1) is 15.9. The van der Waals surface area contributed by atoms with E-state index in [4.69, 9.17) is 8.94 Å².